The van der Waals surface area contributed by atoms with Crippen LogP contribution in [0.3, 0.4) is 0 Å². The molecule has 0 aliphatic carbocycles. The zero-order chi connectivity index (χ0) is 25.4. The van der Waals surface area contributed by atoms with Crippen LogP contribution in [-0.4, -0.2) is 49.6 Å². The first-order chi connectivity index (χ1) is 16.9. The molecule has 0 spiro atoms. The van der Waals surface area contributed by atoms with Crippen LogP contribution in [0.4, 0.5) is 4.39 Å². The minimum Gasteiger partial charge on any atom is -0.397 e. The number of halogens is 1. The Labute approximate surface area is 210 Å². The van der Waals surface area contributed by atoms with Crippen LogP contribution in [0.5, 0.6) is 0 Å². The molecular weight excluding hydrogens is 463 g/mol. The third kappa shape index (κ3) is 6.52. The zero-order valence-electron chi connectivity index (χ0n) is 20.7. The lowest BCUT2D eigenvalue weighted by atomic mass is 10.1. The molecule has 0 bridgehead atoms. The van der Waals surface area contributed by atoms with E-state index in [0.29, 0.717) is 23.7 Å². The number of amides is 1. The summed E-state index contributed by atoms with van der Waals surface area (Å²) in [5.41, 5.74) is 5.41. The van der Waals surface area contributed by atoms with Gasteiger partial charge in [-0.05, 0) is 63.9 Å². The topological polar surface area (TPSA) is 74.2 Å². The molecule has 1 aliphatic heterocycles. The third-order valence-electron chi connectivity index (χ3n) is 5.54. The quantitative estimate of drug-likeness (QED) is 0.406. The Morgan fingerprint density at radius 1 is 1.31 bits per heavy atom. The molecule has 3 heterocycles. The van der Waals surface area contributed by atoms with Gasteiger partial charge in [0.25, 0.3) is 0 Å². The summed E-state index contributed by atoms with van der Waals surface area (Å²) >= 11 is 1.59. The average Bonchev–Trinajstić information content (AvgIpc) is 3.55. The summed E-state index contributed by atoms with van der Waals surface area (Å²) in [5.74, 6) is 0.128. The van der Waals surface area contributed by atoms with Gasteiger partial charge < -0.3 is 15.0 Å². The van der Waals surface area contributed by atoms with Gasteiger partial charge in [0.05, 0.1) is 17.1 Å². The highest BCUT2D eigenvalue weighted by Crippen LogP contribution is 2.42. The van der Waals surface area contributed by atoms with Crippen molar-refractivity contribution in [3.8, 4) is 17.1 Å². The normalized spacial score (nSPS) is 16.2. The fourth-order valence-electron chi connectivity index (χ4n) is 3.93. The lowest BCUT2D eigenvalue weighted by Gasteiger charge is -2.24. The summed E-state index contributed by atoms with van der Waals surface area (Å²) in [5, 5.41) is 12.2. The molecule has 1 atom stereocenters. The average molecular weight is 497 g/mol. The lowest BCUT2D eigenvalue weighted by Crippen LogP contribution is -2.29. The lowest BCUT2D eigenvalue weighted by molar-refractivity contribution is -0.128. The van der Waals surface area contributed by atoms with Crippen LogP contribution in [0.2, 0.25) is 0 Å². The first-order valence-corrected chi connectivity index (χ1v) is 12.8. The van der Waals surface area contributed by atoms with Gasteiger partial charge in [0.1, 0.15) is 11.1 Å². The zero-order valence-corrected chi connectivity index (χ0v) is 21.5. The number of rotatable bonds is 7. The summed E-state index contributed by atoms with van der Waals surface area (Å²) in [6, 6.07) is 11.1. The third-order valence-corrected chi connectivity index (χ3v) is 6.78. The van der Waals surface area contributed by atoms with E-state index in [1.165, 1.54) is 11.6 Å². The molecule has 1 amide bonds. The van der Waals surface area contributed by atoms with Crippen molar-refractivity contribution in [2.24, 2.45) is 0 Å². The van der Waals surface area contributed by atoms with E-state index in [4.69, 9.17) is 10.2 Å². The molecule has 0 saturated carbocycles. The van der Waals surface area contributed by atoms with Gasteiger partial charge in [-0.25, -0.2) is 4.68 Å². The van der Waals surface area contributed by atoms with Crippen LogP contribution in [0.15, 0.2) is 66.4 Å². The Morgan fingerprint density at radius 3 is 2.71 bits per heavy atom. The molecular formula is C27H33FN4O2S. The number of carbonyl (C=O) groups excluding carboxylic acids is 1. The fourth-order valence-corrected chi connectivity index (χ4v) is 5.15. The molecule has 2 N–H and O–H groups in total. The number of aromatic nitrogens is 3. The van der Waals surface area contributed by atoms with Crippen LogP contribution in [-0.2, 0) is 4.79 Å². The second kappa shape index (κ2) is 12.6. The van der Waals surface area contributed by atoms with Crippen molar-refractivity contribution in [2.45, 2.75) is 39.5 Å². The van der Waals surface area contributed by atoms with E-state index in [0.717, 1.165) is 23.2 Å². The van der Waals surface area contributed by atoms with E-state index < -0.39 is 5.95 Å². The summed E-state index contributed by atoms with van der Waals surface area (Å²) in [6.45, 7) is 8.59. The van der Waals surface area contributed by atoms with E-state index >= 15 is 0 Å². The van der Waals surface area contributed by atoms with E-state index in [-0.39, 0.29) is 17.9 Å². The first-order valence-electron chi connectivity index (χ1n) is 11.7. The van der Waals surface area contributed by atoms with Crippen LogP contribution < -0.4 is 0 Å². The Balaban J connectivity index is 0.00000108. The maximum Gasteiger partial charge on any atom is 0.233 e. The SMILES string of the molecule is C/C=C\C(=C/C)CCN1C(=O)CSC1c1cn(-c2cccc(C)c2)nc1-c1ccc(F)[nH]1.CCO. The monoisotopic (exact) mass is 496 g/mol. The van der Waals surface area contributed by atoms with Gasteiger partial charge in [0.2, 0.25) is 5.91 Å². The highest BCUT2D eigenvalue weighted by Gasteiger charge is 2.35. The number of thioether (sulfide) groups is 1. The Hall–Kier alpha value is -3.10. The van der Waals surface area contributed by atoms with Crippen LogP contribution >= 0.6 is 11.8 Å². The van der Waals surface area contributed by atoms with Gasteiger partial charge in [0, 0.05) is 24.9 Å². The molecule has 0 radical (unpaired) electrons. The number of hydrogen-bond acceptors (Lipinski definition) is 4. The molecule has 2 aromatic heterocycles. The van der Waals surface area contributed by atoms with E-state index in [9.17, 15) is 9.18 Å². The summed E-state index contributed by atoms with van der Waals surface area (Å²) in [4.78, 5) is 17.4. The van der Waals surface area contributed by atoms with Gasteiger partial charge in [-0.15, -0.1) is 11.8 Å². The second-order valence-electron chi connectivity index (χ2n) is 8.12. The number of carbonyl (C=O) groups is 1. The highest BCUT2D eigenvalue weighted by atomic mass is 32.2. The predicted molar refractivity (Wildman–Crippen MR) is 141 cm³/mol. The molecule has 3 aromatic rings. The Bertz CT molecular complexity index is 1200. The highest BCUT2D eigenvalue weighted by molar-refractivity contribution is 8.00. The number of aliphatic hydroxyl groups is 1. The van der Waals surface area contributed by atoms with Crippen molar-refractivity contribution >= 4 is 17.7 Å². The molecule has 4 rings (SSSR count). The molecule has 1 unspecified atom stereocenters. The molecule has 1 aromatic carbocycles. The number of aromatic amines is 1. The van der Waals surface area contributed by atoms with E-state index in [2.05, 4.69) is 23.2 Å². The van der Waals surface area contributed by atoms with E-state index in [1.807, 2.05) is 60.8 Å². The van der Waals surface area contributed by atoms with Gasteiger partial charge in [-0.1, -0.05) is 35.9 Å². The van der Waals surface area contributed by atoms with Gasteiger partial charge >= 0.3 is 0 Å². The molecule has 1 fully saturated rings. The number of nitrogens with zero attached hydrogens (tertiary/aromatic N) is 3. The fraction of sp³-hybridized carbons (Fsp3) is 0.333. The van der Waals surface area contributed by atoms with Crippen molar-refractivity contribution in [2.75, 3.05) is 18.9 Å². The van der Waals surface area contributed by atoms with Crippen molar-refractivity contribution in [1.82, 2.24) is 19.7 Å². The molecule has 8 heteroatoms. The molecule has 6 nitrogen and oxygen atoms in total. The number of nitrogens with one attached hydrogen (secondary N) is 1. The number of hydrogen-bond donors (Lipinski definition) is 2. The minimum absolute atomic E-state index is 0.114. The predicted octanol–water partition coefficient (Wildman–Crippen LogP) is 5.80. The van der Waals surface area contributed by atoms with Crippen LogP contribution in [0, 0.1) is 12.9 Å². The Kier molecular flexibility index (Phi) is 9.51. The number of H-pyrrole nitrogens is 1. The van der Waals surface area contributed by atoms with Crippen molar-refractivity contribution in [3.05, 3.63) is 83.5 Å². The molecule has 1 saturated heterocycles. The van der Waals surface area contributed by atoms with Crippen molar-refractivity contribution in [3.63, 3.8) is 0 Å². The summed E-state index contributed by atoms with van der Waals surface area (Å²) in [7, 11) is 0. The standard InChI is InChI=1S/C25H27FN4OS.C2H6O/c1-4-7-18(5-2)12-13-29-23(31)16-32-25(29)20-15-30(19-9-6-8-17(3)14-19)28-24(20)21-10-11-22(26)27-21;1-2-3/h4-11,14-15,25,27H,12-13,16H2,1-3H3;3H,2H2,1H3/b7-4-,18-5+;. The van der Waals surface area contributed by atoms with Crippen molar-refractivity contribution < 1.29 is 14.3 Å². The van der Waals surface area contributed by atoms with Gasteiger partial charge in [-0.2, -0.15) is 9.49 Å². The number of aryl methyl sites for hydroxylation is 1. The number of aliphatic hydroxyl groups excluding tert-OH is 1. The van der Waals surface area contributed by atoms with Gasteiger partial charge in [-0.3, -0.25) is 4.79 Å². The Morgan fingerprint density at radius 2 is 2.09 bits per heavy atom. The number of allylic oxidation sites excluding steroid dienone is 3. The molecule has 1 aliphatic rings. The maximum absolute atomic E-state index is 13.8. The summed E-state index contributed by atoms with van der Waals surface area (Å²) in [6.07, 6.45) is 8.91. The van der Waals surface area contributed by atoms with Crippen LogP contribution in [0.1, 0.15) is 43.7 Å². The van der Waals surface area contributed by atoms with Crippen LogP contribution in [0.25, 0.3) is 17.1 Å². The summed E-state index contributed by atoms with van der Waals surface area (Å²) < 4.78 is 15.6. The number of benzene rings is 1. The minimum atomic E-state index is -0.410. The first kappa shape index (κ1) is 26.5. The largest absolute Gasteiger partial charge is 0.397 e. The second-order valence-corrected chi connectivity index (χ2v) is 9.19. The molecule has 35 heavy (non-hydrogen) atoms. The smallest absolute Gasteiger partial charge is 0.233 e. The van der Waals surface area contributed by atoms with Gasteiger partial charge in [0.15, 0.2) is 5.95 Å². The molecule has 186 valence electrons. The van der Waals surface area contributed by atoms with Crippen molar-refractivity contribution in [1.29, 1.82) is 0 Å². The van der Waals surface area contributed by atoms with E-state index in [1.54, 1.807) is 24.8 Å². The maximum atomic E-state index is 13.8.